The van der Waals surface area contributed by atoms with Crippen molar-refractivity contribution in [2.45, 2.75) is 11.1 Å². The molecule has 3 amide bonds. The molecule has 0 aliphatic rings. The number of thioether (sulfide) groups is 1. The van der Waals surface area contributed by atoms with Gasteiger partial charge in [-0.2, -0.15) is 13.2 Å². The van der Waals surface area contributed by atoms with Gasteiger partial charge in [0.15, 0.2) is 0 Å². The smallest absolute Gasteiger partial charge is 0.324 e. The molecule has 0 spiro atoms. The lowest BCUT2D eigenvalue weighted by molar-refractivity contribution is -0.137. The van der Waals surface area contributed by atoms with E-state index >= 15 is 0 Å². The molecule has 3 N–H and O–H groups in total. The highest BCUT2D eigenvalue weighted by Gasteiger charge is 2.31. The third-order valence-corrected chi connectivity index (χ3v) is 7.54. The van der Waals surface area contributed by atoms with Crippen LogP contribution in [-0.2, 0) is 15.8 Å². The van der Waals surface area contributed by atoms with Gasteiger partial charge in [0.2, 0.25) is 5.91 Å². The highest BCUT2D eigenvalue weighted by molar-refractivity contribution is 8.00. The monoisotopic (exact) mass is 661 g/mol. The summed E-state index contributed by atoms with van der Waals surface area (Å²) in [4.78, 5) is 39.0. The molecule has 4 aromatic rings. The summed E-state index contributed by atoms with van der Waals surface area (Å²) in [7, 11) is 0. The van der Waals surface area contributed by atoms with Crippen LogP contribution in [0.4, 0.5) is 28.9 Å². The molecule has 0 bridgehead atoms. The molecule has 226 valence electrons. The number of anilines is 2. The van der Waals surface area contributed by atoms with E-state index in [-0.39, 0.29) is 38.3 Å². The number of hydrogen-bond donors (Lipinski definition) is 3. The Kier molecular flexibility index (Phi) is 10.7. The number of halogens is 6. The van der Waals surface area contributed by atoms with Gasteiger partial charge in [0, 0.05) is 21.7 Å². The van der Waals surface area contributed by atoms with Gasteiger partial charge in [-0.3, -0.25) is 14.4 Å². The minimum absolute atomic E-state index is 0.0324. The summed E-state index contributed by atoms with van der Waals surface area (Å²) in [5.74, 6) is -2.77. The van der Waals surface area contributed by atoms with Crippen molar-refractivity contribution in [1.82, 2.24) is 5.32 Å². The third-order valence-electron chi connectivity index (χ3n) is 5.87. The zero-order chi connectivity index (χ0) is 31.9. The molecule has 0 saturated heterocycles. The van der Waals surface area contributed by atoms with Gasteiger partial charge in [0.25, 0.3) is 11.8 Å². The van der Waals surface area contributed by atoms with E-state index in [1.54, 1.807) is 42.5 Å². The Bertz CT molecular complexity index is 1700. The summed E-state index contributed by atoms with van der Waals surface area (Å²) in [6, 6.07) is 21.0. The van der Waals surface area contributed by atoms with Gasteiger partial charge in [-0.05, 0) is 72.8 Å². The van der Waals surface area contributed by atoms with Crippen molar-refractivity contribution >= 4 is 70.1 Å². The Balaban J connectivity index is 1.43. The molecule has 6 nitrogen and oxygen atoms in total. The van der Waals surface area contributed by atoms with Crippen molar-refractivity contribution in [1.29, 1.82) is 0 Å². The summed E-state index contributed by atoms with van der Waals surface area (Å²) < 4.78 is 53.5. The third kappa shape index (κ3) is 8.85. The van der Waals surface area contributed by atoms with E-state index in [2.05, 4.69) is 16.0 Å². The number of hydrogen-bond acceptors (Lipinski definition) is 4. The fourth-order valence-electron chi connectivity index (χ4n) is 3.70. The molecule has 0 unspecified atom stereocenters. The van der Waals surface area contributed by atoms with Crippen molar-refractivity contribution in [2.75, 3.05) is 16.4 Å². The van der Waals surface area contributed by atoms with E-state index < -0.39 is 35.3 Å². The first kappa shape index (κ1) is 32.6. The van der Waals surface area contributed by atoms with Crippen LogP contribution in [0.25, 0.3) is 6.08 Å². The first-order chi connectivity index (χ1) is 20.9. The molecule has 0 aliphatic heterocycles. The molecule has 0 radical (unpaired) electrons. The summed E-state index contributed by atoms with van der Waals surface area (Å²) in [5.41, 5.74) is -0.883. The van der Waals surface area contributed by atoms with Crippen LogP contribution >= 0.6 is 35.0 Å². The molecule has 44 heavy (non-hydrogen) atoms. The molecule has 0 atom stereocenters. The van der Waals surface area contributed by atoms with E-state index in [9.17, 15) is 31.9 Å². The lowest BCUT2D eigenvalue weighted by Crippen LogP contribution is -2.30. The number of carbonyl (C=O) groups excluding carboxylic acids is 3. The lowest BCUT2D eigenvalue weighted by Gasteiger charge is -2.13. The van der Waals surface area contributed by atoms with Crippen molar-refractivity contribution in [2.24, 2.45) is 0 Å². The second-order valence-electron chi connectivity index (χ2n) is 9.02. The molecule has 4 rings (SSSR count). The zero-order valence-corrected chi connectivity index (χ0v) is 24.7. The van der Waals surface area contributed by atoms with Gasteiger partial charge in [0.05, 0.1) is 27.0 Å². The second kappa shape index (κ2) is 14.4. The van der Waals surface area contributed by atoms with Crippen LogP contribution in [0.2, 0.25) is 10.0 Å². The molecule has 0 aliphatic carbocycles. The van der Waals surface area contributed by atoms with Crippen molar-refractivity contribution in [3.63, 3.8) is 0 Å². The van der Waals surface area contributed by atoms with Crippen molar-refractivity contribution < 1.29 is 31.9 Å². The molecule has 4 aromatic carbocycles. The number of amides is 3. The van der Waals surface area contributed by atoms with Gasteiger partial charge < -0.3 is 16.0 Å². The number of alkyl halides is 3. The van der Waals surface area contributed by atoms with Crippen LogP contribution in [-0.4, -0.2) is 23.5 Å². The van der Waals surface area contributed by atoms with Crippen molar-refractivity contribution in [3.05, 3.63) is 129 Å². The first-order valence-electron chi connectivity index (χ1n) is 12.6. The van der Waals surface area contributed by atoms with Crippen LogP contribution in [0.3, 0.4) is 0 Å². The average molecular weight is 662 g/mol. The van der Waals surface area contributed by atoms with E-state index in [0.717, 1.165) is 42.1 Å². The molecular formula is C31H21Cl2F4N3O3S. The summed E-state index contributed by atoms with van der Waals surface area (Å²) in [6.07, 6.45) is -3.46. The normalized spacial score (nSPS) is 11.5. The van der Waals surface area contributed by atoms with Crippen molar-refractivity contribution in [3.8, 4) is 0 Å². The molecule has 0 saturated carbocycles. The Hall–Kier alpha value is -4.32. The Morgan fingerprint density at radius 3 is 2.18 bits per heavy atom. The minimum Gasteiger partial charge on any atom is -0.324 e. The van der Waals surface area contributed by atoms with Gasteiger partial charge in [-0.1, -0.05) is 47.5 Å². The highest BCUT2D eigenvalue weighted by Crippen LogP contribution is 2.34. The van der Waals surface area contributed by atoms with Crippen LogP contribution in [0.15, 0.2) is 102 Å². The van der Waals surface area contributed by atoms with E-state index in [0.29, 0.717) is 10.6 Å². The molecule has 0 heterocycles. The predicted molar refractivity (Wildman–Crippen MR) is 164 cm³/mol. The number of benzene rings is 4. The first-order valence-corrected chi connectivity index (χ1v) is 14.4. The lowest BCUT2D eigenvalue weighted by atomic mass is 10.1. The molecule has 0 fully saturated rings. The summed E-state index contributed by atoms with van der Waals surface area (Å²) >= 11 is 13.2. The van der Waals surface area contributed by atoms with E-state index in [4.69, 9.17) is 23.2 Å². The fourth-order valence-corrected chi connectivity index (χ4v) is 4.78. The maximum Gasteiger partial charge on any atom is 0.416 e. The van der Waals surface area contributed by atoms with Gasteiger partial charge in [-0.15, -0.1) is 11.8 Å². The SMILES string of the molecule is O=C(CSc1ccc(NC(=O)/C(=C/c2c(F)cccc2Cl)NC(=O)c2ccccc2)cc1)Nc1cc(C(F)(F)F)ccc1Cl. The van der Waals surface area contributed by atoms with Crippen LogP contribution in [0.1, 0.15) is 21.5 Å². The van der Waals surface area contributed by atoms with E-state index in [1.165, 1.54) is 24.3 Å². The number of carbonyl (C=O) groups is 3. The van der Waals surface area contributed by atoms with Crippen LogP contribution < -0.4 is 16.0 Å². The molecule has 0 aromatic heterocycles. The minimum atomic E-state index is -4.59. The Morgan fingerprint density at radius 2 is 1.52 bits per heavy atom. The standard InChI is InChI=1S/C31H21Cl2F4N3O3S/c32-23-7-4-8-25(34)22(23)16-27(40-29(42)18-5-2-1-3-6-18)30(43)38-20-10-12-21(13-11-20)44-17-28(41)39-26-15-19(31(35,36)37)9-14-24(26)33/h1-16H,17H2,(H,38,43)(H,39,41)(H,40,42)/b27-16-. The fraction of sp³-hybridized carbons (Fsp3) is 0.0645. The van der Waals surface area contributed by atoms with Crippen LogP contribution in [0, 0.1) is 5.82 Å². The maximum absolute atomic E-state index is 14.5. The number of nitrogens with one attached hydrogen (secondary N) is 3. The molecule has 13 heteroatoms. The average Bonchev–Trinajstić information content (AvgIpc) is 2.99. The highest BCUT2D eigenvalue weighted by atomic mass is 35.5. The summed E-state index contributed by atoms with van der Waals surface area (Å²) in [6.45, 7) is 0. The number of rotatable bonds is 9. The van der Waals surface area contributed by atoms with Gasteiger partial charge in [-0.25, -0.2) is 4.39 Å². The summed E-state index contributed by atoms with van der Waals surface area (Å²) in [5, 5.41) is 7.49. The van der Waals surface area contributed by atoms with Crippen LogP contribution in [0.5, 0.6) is 0 Å². The zero-order valence-electron chi connectivity index (χ0n) is 22.3. The molecular weight excluding hydrogens is 641 g/mol. The van der Waals surface area contributed by atoms with Gasteiger partial charge >= 0.3 is 6.18 Å². The predicted octanol–water partition coefficient (Wildman–Crippen LogP) is 8.29. The maximum atomic E-state index is 14.5. The van der Waals surface area contributed by atoms with E-state index in [1.807, 2.05) is 0 Å². The quantitative estimate of drug-likeness (QED) is 0.0957. The topological polar surface area (TPSA) is 87.3 Å². The van der Waals surface area contributed by atoms with Gasteiger partial charge in [0.1, 0.15) is 11.5 Å². The Labute approximate surface area is 263 Å². The second-order valence-corrected chi connectivity index (χ2v) is 10.9. The largest absolute Gasteiger partial charge is 0.416 e. The Morgan fingerprint density at radius 1 is 0.818 bits per heavy atom.